The molecule has 0 radical (unpaired) electrons. The van der Waals surface area contributed by atoms with E-state index in [9.17, 15) is 0 Å². The van der Waals surface area contributed by atoms with E-state index in [1.54, 1.807) is 19.8 Å². The minimum absolute atomic E-state index is 0.689. The molecule has 0 spiro atoms. The van der Waals surface area contributed by atoms with Crippen LogP contribution in [0.15, 0.2) is 55.1 Å². The maximum absolute atomic E-state index is 6.50. The van der Waals surface area contributed by atoms with Gasteiger partial charge in [-0.25, -0.2) is 15.0 Å². The largest absolute Gasteiger partial charge is 0.496 e. The van der Waals surface area contributed by atoms with Crippen LogP contribution in [-0.2, 0) is 6.54 Å². The highest BCUT2D eigenvalue weighted by atomic mass is 35.5. The number of benzene rings is 2. The fourth-order valence-electron chi connectivity index (χ4n) is 3.91. The number of aromatic amines is 1. The Morgan fingerprint density at radius 2 is 2.00 bits per heavy atom. The van der Waals surface area contributed by atoms with Crippen molar-refractivity contribution in [1.29, 1.82) is 0 Å². The average molecular weight is 433 g/mol. The molecule has 3 heterocycles. The van der Waals surface area contributed by atoms with Gasteiger partial charge < -0.3 is 19.6 Å². The second-order valence-electron chi connectivity index (χ2n) is 7.30. The van der Waals surface area contributed by atoms with Crippen LogP contribution in [0.25, 0.3) is 33.2 Å². The number of nitrogens with one attached hydrogen (secondary N) is 2. The first-order valence-electron chi connectivity index (χ1n) is 9.96. The molecule has 5 aromatic rings. The van der Waals surface area contributed by atoms with Crippen LogP contribution >= 0.6 is 11.6 Å². The number of H-pyrrole nitrogens is 1. The van der Waals surface area contributed by atoms with Gasteiger partial charge in [-0.2, -0.15) is 0 Å². The highest BCUT2D eigenvalue weighted by Gasteiger charge is 2.13. The van der Waals surface area contributed by atoms with Crippen LogP contribution in [0.2, 0.25) is 5.02 Å². The Labute approximate surface area is 184 Å². The summed E-state index contributed by atoms with van der Waals surface area (Å²) in [6.07, 6.45) is 3.27. The molecule has 2 N–H and O–H groups in total. The lowest BCUT2D eigenvalue weighted by Crippen LogP contribution is -2.12. The lowest BCUT2D eigenvalue weighted by Gasteiger charge is -2.12. The summed E-state index contributed by atoms with van der Waals surface area (Å²) in [5.74, 6) is 1.59. The number of fused-ring (bicyclic) bond motifs is 2. The molecule has 5 rings (SSSR count). The van der Waals surface area contributed by atoms with Crippen molar-refractivity contribution in [2.45, 2.75) is 13.5 Å². The summed E-state index contributed by atoms with van der Waals surface area (Å²) in [4.78, 5) is 16.2. The zero-order valence-corrected chi connectivity index (χ0v) is 17.9. The Kier molecular flexibility index (Phi) is 4.95. The molecule has 3 aromatic heterocycles. The molecular weight excluding hydrogens is 412 g/mol. The summed E-state index contributed by atoms with van der Waals surface area (Å²) in [6, 6.07) is 13.9. The lowest BCUT2D eigenvalue weighted by molar-refractivity contribution is 0.420. The normalized spacial score (nSPS) is 11.3. The zero-order chi connectivity index (χ0) is 21.4. The number of rotatable bonds is 6. The van der Waals surface area contributed by atoms with Crippen LogP contribution in [0, 0.1) is 6.92 Å². The van der Waals surface area contributed by atoms with Crippen molar-refractivity contribution in [2.24, 2.45) is 0 Å². The van der Waals surface area contributed by atoms with Crippen LogP contribution in [-0.4, -0.2) is 38.2 Å². The Bertz CT molecular complexity index is 1390. The Hall–Kier alpha value is -3.58. The van der Waals surface area contributed by atoms with Crippen molar-refractivity contribution < 1.29 is 4.74 Å². The van der Waals surface area contributed by atoms with Crippen molar-refractivity contribution in [3.05, 3.63) is 65.8 Å². The van der Waals surface area contributed by atoms with Gasteiger partial charge in [-0.1, -0.05) is 17.7 Å². The van der Waals surface area contributed by atoms with Crippen molar-refractivity contribution >= 4 is 39.4 Å². The third-order valence-corrected chi connectivity index (χ3v) is 5.73. The van der Waals surface area contributed by atoms with Crippen LogP contribution in [0.1, 0.15) is 5.69 Å². The first-order valence-corrected chi connectivity index (χ1v) is 10.3. The summed E-state index contributed by atoms with van der Waals surface area (Å²) in [6.45, 7) is 3.50. The number of anilines is 1. The van der Waals surface area contributed by atoms with E-state index in [1.165, 1.54) is 0 Å². The number of ether oxygens (including phenoxy) is 1. The molecule has 8 heteroatoms. The standard InChI is InChI=1S/C23H21ClN6O/c1-14-9-16-21(31-2)6-4-17(24)23(16)30(14)8-7-25-22-11-19(27-13-29-22)15-3-5-18-20(10-15)28-12-26-18/h3-6,9-13H,7-8H2,1-2H3,(H,26,28)(H,25,27,29). The minimum atomic E-state index is 0.689. The van der Waals surface area contributed by atoms with Crippen molar-refractivity contribution in [2.75, 3.05) is 19.0 Å². The number of aryl methyl sites for hydroxylation is 1. The first-order chi connectivity index (χ1) is 15.1. The predicted octanol–water partition coefficient (Wildman–Crippen LogP) is 5.06. The van der Waals surface area contributed by atoms with Gasteiger partial charge in [-0.3, -0.25) is 0 Å². The topological polar surface area (TPSA) is 80.6 Å². The van der Waals surface area contributed by atoms with E-state index in [1.807, 2.05) is 36.4 Å². The van der Waals surface area contributed by atoms with Crippen molar-refractivity contribution in [3.8, 4) is 17.0 Å². The molecule has 0 saturated carbocycles. The Balaban J connectivity index is 1.35. The fourth-order valence-corrected chi connectivity index (χ4v) is 4.18. The van der Waals surface area contributed by atoms with Gasteiger partial charge in [0, 0.05) is 35.8 Å². The van der Waals surface area contributed by atoms with Crippen molar-refractivity contribution in [1.82, 2.24) is 24.5 Å². The monoisotopic (exact) mass is 432 g/mol. The van der Waals surface area contributed by atoms with E-state index in [-0.39, 0.29) is 0 Å². The molecule has 0 aliphatic heterocycles. The van der Waals surface area contributed by atoms with E-state index in [0.29, 0.717) is 11.6 Å². The maximum atomic E-state index is 6.50. The van der Waals surface area contributed by atoms with Gasteiger partial charge in [0.25, 0.3) is 0 Å². The fraction of sp³-hybridized carbons (Fsp3) is 0.174. The number of aromatic nitrogens is 5. The van der Waals surface area contributed by atoms with E-state index in [0.717, 1.165) is 57.0 Å². The molecule has 31 heavy (non-hydrogen) atoms. The average Bonchev–Trinajstić information content (AvgIpc) is 3.38. The maximum Gasteiger partial charge on any atom is 0.130 e. The molecule has 0 saturated heterocycles. The van der Waals surface area contributed by atoms with Crippen LogP contribution < -0.4 is 10.1 Å². The molecule has 0 bridgehead atoms. The second-order valence-corrected chi connectivity index (χ2v) is 7.71. The van der Waals surface area contributed by atoms with Gasteiger partial charge in [-0.15, -0.1) is 0 Å². The minimum Gasteiger partial charge on any atom is -0.496 e. The number of methoxy groups -OCH3 is 1. The molecule has 0 aliphatic rings. The Morgan fingerprint density at radius 1 is 1.10 bits per heavy atom. The summed E-state index contributed by atoms with van der Waals surface area (Å²) in [5.41, 5.74) is 5.88. The summed E-state index contributed by atoms with van der Waals surface area (Å²) < 4.78 is 7.69. The number of hydrogen-bond donors (Lipinski definition) is 2. The first kappa shape index (κ1) is 19.4. The number of halogens is 1. The van der Waals surface area contributed by atoms with E-state index >= 15 is 0 Å². The molecule has 0 fully saturated rings. The molecule has 0 atom stereocenters. The van der Waals surface area contributed by atoms with Gasteiger partial charge in [0.1, 0.15) is 17.9 Å². The quantitative estimate of drug-likeness (QED) is 0.392. The highest BCUT2D eigenvalue weighted by molar-refractivity contribution is 6.35. The summed E-state index contributed by atoms with van der Waals surface area (Å²) >= 11 is 6.50. The zero-order valence-electron chi connectivity index (χ0n) is 17.2. The van der Waals surface area contributed by atoms with Crippen LogP contribution in [0.5, 0.6) is 5.75 Å². The SMILES string of the molecule is COc1ccc(Cl)c2c1cc(C)n2CCNc1cc(-c2ccc3nc[nH]c3c2)ncn1. The summed E-state index contributed by atoms with van der Waals surface area (Å²) in [7, 11) is 1.67. The molecule has 0 amide bonds. The van der Waals surface area contributed by atoms with Gasteiger partial charge in [0.05, 0.1) is 40.7 Å². The van der Waals surface area contributed by atoms with Gasteiger partial charge in [0.15, 0.2) is 0 Å². The van der Waals surface area contributed by atoms with Gasteiger partial charge in [-0.05, 0) is 37.3 Å². The molecular formula is C23H21ClN6O. The molecule has 0 unspecified atom stereocenters. The highest BCUT2D eigenvalue weighted by Crippen LogP contribution is 2.34. The second kappa shape index (κ2) is 7.92. The van der Waals surface area contributed by atoms with Crippen LogP contribution in [0.4, 0.5) is 5.82 Å². The van der Waals surface area contributed by atoms with Crippen molar-refractivity contribution in [3.63, 3.8) is 0 Å². The lowest BCUT2D eigenvalue weighted by atomic mass is 10.1. The van der Waals surface area contributed by atoms with E-state index in [2.05, 4.69) is 42.8 Å². The van der Waals surface area contributed by atoms with E-state index in [4.69, 9.17) is 16.3 Å². The molecule has 2 aromatic carbocycles. The Morgan fingerprint density at radius 3 is 2.87 bits per heavy atom. The summed E-state index contributed by atoms with van der Waals surface area (Å²) in [5, 5.41) is 5.13. The van der Waals surface area contributed by atoms with Gasteiger partial charge in [0.2, 0.25) is 0 Å². The number of hydrogen-bond acceptors (Lipinski definition) is 5. The number of imidazole rings is 1. The number of nitrogens with zero attached hydrogens (tertiary/aromatic N) is 4. The van der Waals surface area contributed by atoms with Crippen LogP contribution in [0.3, 0.4) is 0 Å². The predicted molar refractivity (Wildman–Crippen MR) is 124 cm³/mol. The molecule has 156 valence electrons. The third kappa shape index (κ3) is 3.57. The van der Waals surface area contributed by atoms with Gasteiger partial charge >= 0.3 is 0 Å². The smallest absolute Gasteiger partial charge is 0.130 e. The van der Waals surface area contributed by atoms with E-state index < -0.39 is 0 Å². The molecule has 0 aliphatic carbocycles. The molecule has 7 nitrogen and oxygen atoms in total. The third-order valence-electron chi connectivity index (χ3n) is 5.42.